The molecule has 0 fully saturated rings. The van der Waals surface area contributed by atoms with Crippen molar-refractivity contribution in [2.75, 3.05) is 14.2 Å². The van der Waals surface area contributed by atoms with Gasteiger partial charge in [0.05, 0.1) is 25.5 Å². The van der Waals surface area contributed by atoms with Gasteiger partial charge in [0.2, 0.25) is 11.8 Å². The minimum Gasteiger partial charge on any atom is -0.481 e. The minimum absolute atomic E-state index is 0.340. The largest absolute Gasteiger partial charge is 0.481 e. The van der Waals surface area contributed by atoms with Gasteiger partial charge in [-0.1, -0.05) is 23.9 Å². The Morgan fingerprint density at radius 2 is 1.71 bits per heavy atom. The van der Waals surface area contributed by atoms with Crippen LogP contribution in [0.3, 0.4) is 0 Å². The molecule has 0 aliphatic rings. The molecular weight excluding hydrogens is 295 g/mol. The quantitative estimate of drug-likeness (QED) is 0.464. The molecule has 7 heteroatoms. The van der Waals surface area contributed by atoms with Gasteiger partial charge in [0.25, 0.3) is 0 Å². The van der Waals surface area contributed by atoms with Gasteiger partial charge in [0, 0.05) is 0 Å². The van der Waals surface area contributed by atoms with Crippen molar-refractivity contribution in [1.29, 1.82) is 0 Å². The van der Waals surface area contributed by atoms with Crippen molar-refractivity contribution in [2.45, 2.75) is 10.4 Å². The number of hydrogen-bond acceptors (Lipinski definition) is 6. The highest BCUT2D eigenvalue weighted by molar-refractivity contribution is 8.00. The van der Waals surface area contributed by atoms with Crippen molar-refractivity contribution < 1.29 is 18.7 Å². The Balaban J connectivity index is 2.25. The Morgan fingerprint density at radius 1 is 1.14 bits per heavy atom. The Labute approximate surface area is 125 Å². The van der Waals surface area contributed by atoms with Gasteiger partial charge in [0.1, 0.15) is 12.1 Å². The van der Waals surface area contributed by atoms with Crippen LogP contribution >= 0.6 is 11.8 Å². The van der Waals surface area contributed by atoms with Crippen LogP contribution in [-0.4, -0.2) is 30.5 Å². The second-order valence-electron chi connectivity index (χ2n) is 3.96. The Bertz CT molecular complexity index is 600. The molecule has 0 N–H and O–H groups in total. The summed E-state index contributed by atoms with van der Waals surface area (Å²) >= 11 is 1.13. The van der Waals surface area contributed by atoms with E-state index in [0.29, 0.717) is 22.5 Å². The van der Waals surface area contributed by atoms with Crippen molar-refractivity contribution >= 4 is 18.0 Å². The van der Waals surface area contributed by atoms with Gasteiger partial charge in [0.15, 0.2) is 5.16 Å². The molecule has 0 bridgehead atoms. The highest BCUT2D eigenvalue weighted by Crippen LogP contribution is 2.33. The van der Waals surface area contributed by atoms with Crippen LogP contribution in [0.15, 0.2) is 35.5 Å². The highest BCUT2D eigenvalue weighted by Gasteiger charge is 2.16. The van der Waals surface area contributed by atoms with Gasteiger partial charge >= 0.3 is 0 Å². The highest BCUT2D eigenvalue weighted by atomic mass is 32.2. The van der Waals surface area contributed by atoms with Crippen LogP contribution in [0, 0.1) is 5.82 Å². The lowest BCUT2D eigenvalue weighted by atomic mass is 10.2. The zero-order valence-electron chi connectivity index (χ0n) is 11.4. The van der Waals surface area contributed by atoms with E-state index in [9.17, 15) is 9.18 Å². The second-order valence-corrected chi connectivity index (χ2v) is 5.07. The molecule has 0 saturated carbocycles. The maximum absolute atomic E-state index is 12.9. The van der Waals surface area contributed by atoms with E-state index in [1.807, 2.05) is 0 Å². The van der Waals surface area contributed by atoms with E-state index >= 15 is 0 Å². The molecule has 0 amide bonds. The van der Waals surface area contributed by atoms with E-state index in [1.165, 1.54) is 32.4 Å². The SMILES string of the molecule is COc1cc(OC)nc(SC(C=O)c2ccc(F)cc2)n1. The maximum atomic E-state index is 12.9. The summed E-state index contributed by atoms with van der Waals surface area (Å²) in [7, 11) is 2.96. The fourth-order valence-electron chi connectivity index (χ4n) is 1.59. The molecule has 110 valence electrons. The third-order valence-electron chi connectivity index (χ3n) is 2.63. The number of ether oxygens (including phenoxy) is 2. The van der Waals surface area contributed by atoms with Crippen LogP contribution in [0.5, 0.6) is 11.8 Å². The van der Waals surface area contributed by atoms with E-state index in [1.54, 1.807) is 12.1 Å². The van der Waals surface area contributed by atoms with Crippen molar-refractivity contribution in [1.82, 2.24) is 9.97 Å². The molecule has 0 aliphatic heterocycles. The molecule has 1 unspecified atom stereocenters. The second kappa shape index (κ2) is 7.03. The van der Waals surface area contributed by atoms with Gasteiger partial charge in [-0.3, -0.25) is 0 Å². The molecule has 0 aliphatic carbocycles. The van der Waals surface area contributed by atoms with E-state index in [-0.39, 0.29) is 5.82 Å². The van der Waals surface area contributed by atoms with Crippen molar-refractivity contribution in [3.63, 3.8) is 0 Å². The predicted octanol–water partition coefficient (Wildman–Crippen LogP) is 2.67. The van der Waals surface area contributed by atoms with Crippen LogP contribution in [0.25, 0.3) is 0 Å². The van der Waals surface area contributed by atoms with E-state index in [0.717, 1.165) is 18.0 Å². The Kier molecular flexibility index (Phi) is 5.10. The van der Waals surface area contributed by atoms with Crippen molar-refractivity contribution in [2.24, 2.45) is 0 Å². The molecular formula is C14H13FN2O3S. The number of rotatable bonds is 6. The number of nitrogens with zero attached hydrogens (tertiary/aromatic N) is 2. The fourth-order valence-corrected chi connectivity index (χ4v) is 2.45. The summed E-state index contributed by atoms with van der Waals surface area (Å²) in [5.74, 6) is 0.328. The molecule has 1 aromatic carbocycles. The minimum atomic E-state index is -0.539. The summed E-state index contributed by atoms with van der Waals surface area (Å²) in [6.07, 6.45) is 0.757. The smallest absolute Gasteiger partial charge is 0.220 e. The molecule has 5 nitrogen and oxygen atoms in total. The monoisotopic (exact) mass is 308 g/mol. The van der Waals surface area contributed by atoms with Crippen LogP contribution in [0.2, 0.25) is 0 Å². The van der Waals surface area contributed by atoms with Crippen molar-refractivity contribution in [3.05, 3.63) is 41.7 Å². The van der Waals surface area contributed by atoms with Crippen molar-refractivity contribution in [3.8, 4) is 11.8 Å². The first-order valence-electron chi connectivity index (χ1n) is 6.00. The van der Waals surface area contributed by atoms with Gasteiger partial charge in [-0.05, 0) is 17.7 Å². The Hall–Kier alpha value is -2.15. The molecule has 0 radical (unpaired) electrons. The normalized spacial score (nSPS) is 11.8. The summed E-state index contributed by atoms with van der Waals surface area (Å²) in [6, 6.07) is 7.26. The number of hydrogen-bond donors (Lipinski definition) is 0. The number of carbonyl (C=O) groups excluding carboxylic acids is 1. The number of halogens is 1. The summed E-state index contributed by atoms with van der Waals surface area (Å²) in [4.78, 5) is 19.6. The topological polar surface area (TPSA) is 61.3 Å². The number of carbonyl (C=O) groups is 1. The van der Waals surface area contributed by atoms with Crippen LogP contribution < -0.4 is 9.47 Å². The third-order valence-corrected chi connectivity index (χ3v) is 3.66. The number of aromatic nitrogens is 2. The lowest BCUT2D eigenvalue weighted by Crippen LogP contribution is -2.00. The molecule has 2 aromatic rings. The average Bonchev–Trinajstić information content (AvgIpc) is 2.53. The summed E-state index contributed by atoms with van der Waals surface area (Å²) in [5.41, 5.74) is 0.668. The molecule has 21 heavy (non-hydrogen) atoms. The molecule has 0 spiro atoms. The molecule has 1 atom stereocenters. The number of aldehydes is 1. The third kappa shape index (κ3) is 3.91. The van der Waals surface area contributed by atoms with E-state index < -0.39 is 5.25 Å². The van der Waals surface area contributed by atoms with Crippen LogP contribution in [0.4, 0.5) is 4.39 Å². The summed E-state index contributed by atoms with van der Waals surface area (Å²) in [6.45, 7) is 0. The van der Waals surface area contributed by atoms with Gasteiger partial charge in [-0.15, -0.1) is 0 Å². The first-order valence-corrected chi connectivity index (χ1v) is 6.88. The van der Waals surface area contributed by atoms with E-state index in [4.69, 9.17) is 9.47 Å². The Morgan fingerprint density at radius 3 is 2.19 bits per heavy atom. The molecule has 1 aromatic heterocycles. The van der Waals surface area contributed by atoms with Gasteiger partial charge in [-0.2, -0.15) is 9.97 Å². The molecule has 2 rings (SSSR count). The van der Waals surface area contributed by atoms with Gasteiger partial charge < -0.3 is 14.3 Å². The zero-order valence-corrected chi connectivity index (χ0v) is 12.3. The molecule has 1 heterocycles. The first-order chi connectivity index (χ1) is 10.2. The first kappa shape index (κ1) is 15.2. The lowest BCUT2D eigenvalue weighted by molar-refractivity contribution is -0.107. The van der Waals surface area contributed by atoms with Gasteiger partial charge in [-0.25, -0.2) is 4.39 Å². The number of methoxy groups -OCH3 is 2. The summed E-state index contributed by atoms with van der Waals surface area (Å²) < 4.78 is 23.0. The lowest BCUT2D eigenvalue weighted by Gasteiger charge is -2.11. The zero-order chi connectivity index (χ0) is 15.2. The van der Waals surface area contributed by atoms with E-state index in [2.05, 4.69) is 9.97 Å². The van der Waals surface area contributed by atoms with Crippen LogP contribution in [0.1, 0.15) is 10.8 Å². The average molecular weight is 308 g/mol. The fraction of sp³-hybridized carbons (Fsp3) is 0.214. The van der Waals surface area contributed by atoms with Crippen LogP contribution in [-0.2, 0) is 4.79 Å². The maximum Gasteiger partial charge on any atom is 0.220 e. The standard InChI is InChI=1S/C14H13FN2O3S/c1-19-12-7-13(20-2)17-14(16-12)21-11(8-18)9-3-5-10(15)6-4-9/h3-8,11H,1-2H3. The predicted molar refractivity (Wildman–Crippen MR) is 76.2 cm³/mol. The summed E-state index contributed by atoms with van der Waals surface area (Å²) in [5, 5.41) is -0.199. The number of benzene rings is 1. The molecule has 0 saturated heterocycles. The number of thioether (sulfide) groups is 1.